The van der Waals surface area contributed by atoms with Crippen LogP contribution in [0.25, 0.3) is 0 Å². The lowest BCUT2D eigenvalue weighted by Crippen LogP contribution is -2.30. The summed E-state index contributed by atoms with van der Waals surface area (Å²) in [4.78, 5) is 10.8. The third-order valence-corrected chi connectivity index (χ3v) is 3.29. The van der Waals surface area contributed by atoms with Crippen LogP contribution >= 0.6 is 0 Å². The van der Waals surface area contributed by atoms with Gasteiger partial charge in [-0.15, -0.1) is 0 Å². The Morgan fingerprint density at radius 3 is 2.94 bits per heavy atom. The highest BCUT2D eigenvalue weighted by Gasteiger charge is 2.16. The molecule has 0 radical (unpaired) electrons. The predicted molar refractivity (Wildman–Crippen MR) is 69.1 cm³/mol. The van der Waals surface area contributed by atoms with Crippen molar-refractivity contribution in [1.29, 1.82) is 0 Å². The van der Waals surface area contributed by atoms with Gasteiger partial charge in [-0.3, -0.25) is 0 Å². The number of aromatic carboxylic acids is 1. The molecule has 0 heterocycles. The van der Waals surface area contributed by atoms with Crippen molar-refractivity contribution < 1.29 is 14.6 Å². The number of ether oxygens (including phenoxy) is 1. The van der Waals surface area contributed by atoms with Gasteiger partial charge in [0.2, 0.25) is 0 Å². The maximum Gasteiger partial charge on any atom is 0.335 e. The van der Waals surface area contributed by atoms with Gasteiger partial charge in [-0.25, -0.2) is 4.79 Å². The molecule has 2 rings (SSSR count). The standard InChI is InChI=1S/C14H19NO3/c16-14(17)12-5-2-6-13(9-12)18-8-7-15-10-11-3-1-4-11/h2,5-6,9,11,15H,1,3-4,7-8,10H2,(H,16,17). The van der Waals surface area contributed by atoms with Gasteiger partial charge in [0, 0.05) is 6.54 Å². The highest BCUT2D eigenvalue weighted by atomic mass is 16.5. The molecular weight excluding hydrogens is 230 g/mol. The number of hydrogen-bond acceptors (Lipinski definition) is 3. The molecule has 1 aliphatic rings. The second-order valence-corrected chi connectivity index (χ2v) is 4.68. The normalized spacial score (nSPS) is 15.1. The second kappa shape index (κ2) is 6.40. The quantitative estimate of drug-likeness (QED) is 0.727. The molecule has 4 nitrogen and oxygen atoms in total. The molecule has 1 aromatic carbocycles. The molecule has 1 aromatic rings. The molecule has 1 aliphatic carbocycles. The van der Waals surface area contributed by atoms with Gasteiger partial charge in [0.25, 0.3) is 0 Å². The zero-order chi connectivity index (χ0) is 12.8. The van der Waals surface area contributed by atoms with E-state index in [9.17, 15) is 4.79 Å². The molecule has 0 spiro atoms. The summed E-state index contributed by atoms with van der Waals surface area (Å²) in [7, 11) is 0. The maximum atomic E-state index is 10.8. The van der Waals surface area contributed by atoms with Crippen LogP contribution in [0.5, 0.6) is 5.75 Å². The third-order valence-electron chi connectivity index (χ3n) is 3.29. The van der Waals surface area contributed by atoms with E-state index < -0.39 is 5.97 Å². The van der Waals surface area contributed by atoms with Crippen LogP contribution in [0.2, 0.25) is 0 Å². The summed E-state index contributed by atoms with van der Waals surface area (Å²) in [6.45, 7) is 2.43. The van der Waals surface area contributed by atoms with Crippen molar-refractivity contribution in [3.8, 4) is 5.75 Å². The van der Waals surface area contributed by atoms with Crippen molar-refractivity contribution in [2.45, 2.75) is 19.3 Å². The second-order valence-electron chi connectivity index (χ2n) is 4.68. The topological polar surface area (TPSA) is 58.6 Å². The van der Waals surface area contributed by atoms with Gasteiger partial charge in [-0.1, -0.05) is 12.5 Å². The molecule has 1 saturated carbocycles. The fourth-order valence-electron chi connectivity index (χ4n) is 1.96. The first kappa shape index (κ1) is 12.9. The van der Waals surface area contributed by atoms with Crippen LogP contribution in [0.1, 0.15) is 29.6 Å². The fourth-order valence-corrected chi connectivity index (χ4v) is 1.96. The smallest absolute Gasteiger partial charge is 0.335 e. The lowest BCUT2D eigenvalue weighted by molar-refractivity contribution is 0.0696. The Hall–Kier alpha value is -1.55. The van der Waals surface area contributed by atoms with E-state index in [1.807, 2.05) is 0 Å². The number of benzene rings is 1. The van der Waals surface area contributed by atoms with Crippen LogP contribution in [-0.4, -0.2) is 30.8 Å². The number of carboxylic acids is 1. The van der Waals surface area contributed by atoms with Crippen molar-refractivity contribution >= 4 is 5.97 Å². The summed E-state index contributed by atoms with van der Waals surface area (Å²) < 4.78 is 5.50. The van der Waals surface area contributed by atoms with Crippen LogP contribution in [0, 0.1) is 5.92 Å². The Morgan fingerprint density at radius 2 is 2.28 bits per heavy atom. The Labute approximate surface area is 107 Å². The van der Waals surface area contributed by atoms with Crippen molar-refractivity contribution in [2.75, 3.05) is 19.7 Å². The SMILES string of the molecule is O=C(O)c1cccc(OCCNCC2CCC2)c1. The summed E-state index contributed by atoms with van der Waals surface area (Å²) in [5, 5.41) is 12.2. The molecule has 0 aromatic heterocycles. The lowest BCUT2D eigenvalue weighted by Gasteiger charge is -2.25. The lowest BCUT2D eigenvalue weighted by atomic mass is 9.85. The Balaban J connectivity index is 1.66. The van der Waals surface area contributed by atoms with Crippen LogP contribution in [-0.2, 0) is 0 Å². The van der Waals surface area contributed by atoms with Gasteiger partial charge in [0.05, 0.1) is 5.56 Å². The van der Waals surface area contributed by atoms with E-state index in [2.05, 4.69) is 5.32 Å². The number of nitrogens with one attached hydrogen (secondary N) is 1. The maximum absolute atomic E-state index is 10.8. The van der Waals surface area contributed by atoms with Gasteiger partial charge in [0.15, 0.2) is 0 Å². The van der Waals surface area contributed by atoms with Crippen LogP contribution < -0.4 is 10.1 Å². The summed E-state index contributed by atoms with van der Waals surface area (Å²) >= 11 is 0. The monoisotopic (exact) mass is 249 g/mol. The minimum absolute atomic E-state index is 0.259. The molecule has 0 amide bonds. The first-order chi connectivity index (χ1) is 8.75. The van der Waals surface area contributed by atoms with E-state index in [0.29, 0.717) is 12.4 Å². The summed E-state index contributed by atoms with van der Waals surface area (Å²) in [6.07, 6.45) is 4.05. The number of carbonyl (C=O) groups is 1. The van der Waals surface area contributed by atoms with Gasteiger partial charge >= 0.3 is 5.97 Å². The highest BCUT2D eigenvalue weighted by molar-refractivity contribution is 5.87. The van der Waals surface area contributed by atoms with Crippen LogP contribution in [0.3, 0.4) is 0 Å². The predicted octanol–water partition coefficient (Wildman–Crippen LogP) is 2.15. The zero-order valence-corrected chi connectivity index (χ0v) is 10.4. The fraction of sp³-hybridized carbons (Fsp3) is 0.500. The van der Waals surface area contributed by atoms with Gasteiger partial charge in [0.1, 0.15) is 12.4 Å². The van der Waals surface area contributed by atoms with Crippen molar-refractivity contribution in [3.63, 3.8) is 0 Å². The molecule has 2 N–H and O–H groups in total. The number of rotatable bonds is 7. The number of carboxylic acid groups (broad SMARTS) is 1. The Kier molecular flexibility index (Phi) is 4.59. The Bertz CT molecular complexity index is 402. The summed E-state index contributed by atoms with van der Waals surface area (Å²) in [5.74, 6) is 0.532. The van der Waals surface area contributed by atoms with E-state index in [1.54, 1.807) is 24.3 Å². The first-order valence-electron chi connectivity index (χ1n) is 6.42. The molecule has 0 saturated heterocycles. The average Bonchev–Trinajstić information content (AvgIpc) is 2.31. The minimum atomic E-state index is -0.927. The van der Waals surface area contributed by atoms with E-state index in [1.165, 1.54) is 19.3 Å². The van der Waals surface area contributed by atoms with Crippen LogP contribution in [0.4, 0.5) is 0 Å². The molecule has 0 bridgehead atoms. The molecule has 1 fully saturated rings. The van der Waals surface area contributed by atoms with Gasteiger partial charge in [-0.2, -0.15) is 0 Å². The van der Waals surface area contributed by atoms with E-state index in [0.717, 1.165) is 19.0 Å². The van der Waals surface area contributed by atoms with E-state index in [-0.39, 0.29) is 5.56 Å². The van der Waals surface area contributed by atoms with Gasteiger partial charge < -0.3 is 15.2 Å². The van der Waals surface area contributed by atoms with Gasteiger partial charge in [-0.05, 0) is 43.5 Å². The third kappa shape index (κ3) is 3.74. The largest absolute Gasteiger partial charge is 0.492 e. The van der Waals surface area contributed by atoms with E-state index >= 15 is 0 Å². The molecule has 0 unspecified atom stereocenters. The minimum Gasteiger partial charge on any atom is -0.492 e. The first-order valence-corrected chi connectivity index (χ1v) is 6.42. The van der Waals surface area contributed by atoms with Crippen LogP contribution in [0.15, 0.2) is 24.3 Å². The van der Waals surface area contributed by atoms with Crippen molar-refractivity contribution in [2.24, 2.45) is 5.92 Å². The molecule has 18 heavy (non-hydrogen) atoms. The van der Waals surface area contributed by atoms with E-state index in [4.69, 9.17) is 9.84 Å². The number of hydrogen-bond donors (Lipinski definition) is 2. The van der Waals surface area contributed by atoms with Crippen molar-refractivity contribution in [3.05, 3.63) is 29.8 Å². The zero-order valence-electron chi connectivity index (χ0n) is 10.4. The Morgan fingerprint density at radius 1 is 1.44 bits per heavy atom. The molecule has 0 aliphatic heterocycles. The molecule has 0 atom stereocenters. The van der Waals surface area contributed by atoms with Crippen molar-refractivity contribution in [1.82, 2.24) is 5.32 Å². The molecule has 98 valence electrons. The highest BCUT2D eigenvalue weighted by Crippen LogP contribution is 2.24. The molecule has 4 heteroatoms. The molecular formula is C14H19NO3. The average molecular weight is 249 g/mol. The summed E-state index contributed by atoms with van der Waals surface area (Å²) in [6, 6.07) is 6.58. The summed E-state index contributed by atoms with van der Waals surface area (Å²) in [5.41, 5.74) is 0.259.